The fourth-order valence-electron chi connectivity index (χ4n) is 4.02. The number of benzene rings is 3. The van der Waals surface area contributed by atoms with Gasteiger partial charge in [-0.3, -0.25) is 0 Å². The van der Waals surface area contributed by atoms with Crippen LogP contribution in [0.4, 0.5) is 5.69 Å². The molecule has 0 N–H and O–H groups in total. The SMILES string of the molecule is COc1ccc(N=C2C(c3ccccc3)=C3COCC3=C2c2ccccc2)cc1. The number of ether oxygens (including phenoxy) is 2. The van der Waals surface area contributed by atoms with Gasteiger partial charge in [0.1, 0.15) is 5.75 Å². The molecule has 2 aliphatic rings. The predicted octanol–water partition coefficient (Wildman–Crippen LogP) is 5.72. The lowest BCUT2D eigenvalue weighted by molar-refractivity contribution is 0.215. The summed E-state index contributed by atoms with van der Waals surface area (Å²) in [5.74, 6) is 0.828. The van der Waals surface area contributed by atoms with E-state index in [-0.39, 0.29) is 0 Å². The monoisotopic (exact) mass is 379 g/mol. The highest BCUT2D eigenvalue weighted by molar-refractivity contribution is 6.50. The highest BCUT2D eigenvalue weighted by Gasteiger charge is 2.35. The van der Waals surface area contributed by atoms with E-state index < -0.39 is 0 Å². The van der Waals surface area contributed by atoms with Crippen molar-refractivity contribution in [1.29, 1.82) is 0 Å². The summed E-state index contributed by atoms with van der Waals surface area (Å²) >= 11 is 0. The second kappa shape index (κ2) is 7.53. The molecule has 0 saturated carbocycles. The van der Waals surface area contributed by atoms with E-state index in [2.05, 4.69) is 48.5 Å². The van der Waals surface area contributed by atoms with Crippen LogP contribution < -0.4 is 4.74 Å². The van der Waals surface area contributed by atoms with Gasteiger partial charge in [-0.25, -0.2) is 4.99 Å². The van der Waals surface area contributed by atoms with Gasteiger partial charge in [-0.05, 0) is 46.5 Å². The quantitative estimate of drug-likeness (QED) is 0.580. The van der Waals surface area contributed by atoms with E-state index in [0.29, 0.717) is 13.2 Å². The Morgan fingerprint density at radius 3 is 1.69 bits per heavy atom. The number of hydrogen-bond acceptors (Lipinski definition) is 3. The molecule has 0 amide bonds. The van der Waals surface area contributed by atoms with E-state index in [4.69, 9.17) is 14.5 Å². The zero-order chi connectivity index (χ0) is 19.6. The highest BCUT2D eigenvalue weighted by Crippen LogP contribution is 2.44. The first-order chi connectivity index (χ1) is 14.3. The maximum Gasteiger partial charge on any atom is 0.119 e. The van der Waals surface area contributed by atoms with Crippen molar-refractivity contribution in [3.8, 4) is 5.75 Å². The lowest BCUT2D eigenvalue weighted by Gasteiger charge is -2.13. The van der Waals surface area contributed by atoms with E-state index >= 15 is 0 Å². The number of aliphatic imine (C=N–C) groups is 1. The number of allylic oxidation sites excluding steroid dienone is 2. The van der Waals surface area contributed by atoms with Gasteiger partial charge in [-0.2, -0.15) is 0 Å². The number of nitrogens with zero attached hydrogens (tertiary/aromatic N) is 1. The van der Waals surface area contributed by atoms with E-state index in [0.717, 1.165) is 17.1 Å². The van der Waals surface area contributed by atoms with Gasteiger partial charge in [0.2, 0.25) is 0 Å². The molecule has 0 radical (unpaired) electrons. The third-order valence-electron chi connectivity index (χ3n) is 5.37. The summed E-state index contributed by atoms with van der Waals surface area (Å²) in [4.78, 5) is 5.12. The number of hydrogen-bond donors (Lipinski definition) is 0. The van der Waals surface area contributed by atoms with Crippen LogP contribution in [-0.2, 0) is 4.74 Å². The summed E-state index contributed by atoms with van der Waals surface area (Å²) < 4.78 is 11.2. The predicted molar refractivity (Wildman–Crippen MR) is 118 cm³/mol. The van der Waals surface area contributed by atoms with Crippen LogP contribution in [0, 0.1) is 0 Å². The third kappa shape index (κ3) is 3.20. The van der Waals surface area contributed by atoms with Crippen LogP contribution in [0.25, 0.3) is 11.1 Å². The standard InChI is InChI=1S/C26H21NO2/c1-28-21-14-12-20(13-15-21)27-26-24(18-8-4-2-5-9-18)22-16-29-17-23(22)25(26)19-10-6-3-7-11-19/h2-15H,16-17H2,1H3. The van der Waals surface area contributed by atoms with Crippen LogP contribution >= 0.6 is 0 Å². The van der Waals surface area contributed by atoms with Gasteiger partial charge >= 0.3 is 0 Å². The van der Waals surface area contributed by atoms with Crippen molar-refractivity contribution in [2.45, 2.75) is 0 Å². The largest absolute Gasteiger partial charge is 0.497 e. The molecule has 0 bridgehead atoms. The Balaban J connectivity index is 1.72. The normalized spacial score (nSPS) is 15.7. The van der Waals surface area contributed by atoms with Crippen molar-refractivity contribution in [3.05, 3.63) is 107 Å². The molecule has 3 nitrogen and oxygen atoms in total. The minimum Gasteiger partial charge on any atom is -0.497 e. The Morgan fingerprint density at radius 1 is 0.690 bits per heavy atom. The van der Waals surface area contributed by atoms with Crippen molar-refractivity contribution in [2.24, 2.45) is 4.99 Å². The maximum atomic E-state index is 5.86. The Bertz CT molecular complexity index is 1060. The molecule has 1 heterocycles. The van der Waals surface area contributed by atoms with E-state index in [1.54, 1.807) is 7.11 Å². The molecule has 142 valence electrons. The molecule has 1 aliphatic heterocycles. The summed E-state index contributed by atoms with van der Waals surface area (Å²) in [6, 6.07) is 28.9. The molecule has 29 heavy (non-hydrogen) atoms. The zero-order valence-electron chi connectivity index (χ0n) is 16.3. The average Bonchev–Trinajstić information content (AvgIpc) is 3.36. The first-order valence-corrected chi connectivity index (χ1v) is 9.74. The lowest BCUT2D eigenvalue weighted by atomic mass is 9.95. The van der Waals surface area contributed by atoms with Crippen LogP contribution in [0.15, 0.2) is 101 Å². The number of methoxy groups -OCH3 is 1. The van der Waals surface area contributed by atoms with Gasteiger partial charge < -0.3 is 9.47 Å². The molecule has 0 unspecified atom stereocenters. The van der Waals surface area contributed by atoms with Gasteiger partial charge in [0.25, 0.3) is 0 Å². The first-order valence-electron chi connectivity index (χ1n) is 9.74. The first kappa shape index (κ1) is 17.7. The van der Waals surface area contributed by atoms with Crippen molar-refractivity contribution in [1.82, 2.24) is 0 Å². The Morgan fingerprint density at radius 2 is 1.21 bits per heavy atom. The maximum absolute atomic E-state index is 5.86. The van der Waals surface area contributed by atoms with Crippen LogP contribution in [0.5, 0.6) is 5.75 Å². The minimum absolute atomic E-state index is 0.623. The van der Waals surface area contributed by atoms with Crippen molar-refractivity contribution in [3.63, 3.8) is 0 Å². The van der Waals surface area contributed by atoms with E-state index in [9.17, 15) is 0 Å². The molecular formula is C26H21NO2. The summed E-state index contributed by atoms with van der Waals surface area (Å²) in [6.45, 7) is 1.25. The van der Waals surface area contributed by atoms with Gasteiger partial charge in [0, 0.05) is 11.1 Å². The second-order valence-corrected chi connectivity index (χ2v) is 7.09. The van der Waals surface area contributed by atoms with Crippen molar-refractivity contribution < 1.29 is 9.47 Å². The minimum atomic E-state index is 0.623. The zero-order valence-corrected chi connectivity index (χ0v) is 16.3. The second-order valence-electron chi connectivity index (χ2n) is 7.09. The summed E-state index contributed by atoms with van der Waals surface area (Å²) in [7, 11) is 1.68. The molecule has 3 aromatic rings. The van der Waals surface area contributed by atoms with Gasteiger partial charge in [0.15, 0.2) is 0 Å². The molecule has 5 rings (SSSR count). The molecule has 1 saturated heterocycles. The molecule has 0 aromatic heterocycles. The van der Waals surface area contributed by atoms with E-state index in [1.165, 1.54) is 33.4 Å². The van der Waals surface area contributed by atoms with Crippen LogP contribution in [-0.4, -0.2) is 26.0 Å². The molecule has 1 aliphatic carbocycles. The molecular weight excluding hydrogens is 358 g/mol. The number of rotatable bonds is 4. The summed E-state index contributed by atoms with van der Waals surface area (Å²) in [6.07, 6.45) is 0. The Hall–Kier alpha value is -3.43. The molecule has 3 heteroatoms. The van der Waals surface area contributed by atoms with Crippen molar-refractivity contribution >= 4 is 22.5 Å². The average molecular weight is 379 g/mol. The van der Waals surface area contributed by atoms with Gasteiger partial charge in [-0.15, -0.1) is 0 Å². The lowest BCUT2D eigenvalue weighted by Crippen LogP contribution is -2.05. The number of fused-ring (bicyclic) bond motifs is 1. The smallest absolute Gasteiger partial charge is 0.119 e. The Labute approximate surface area is 170 Å². The van der Waals surface area contributed by atoms with Crippen molar-refractivity contribution in [2.75, 3.05) is 20.3 Å². The topological polar surface area (TPSA) is 30.8 Å². The molecule has 1 fully saturated rings. The van der Waals surface area contributed by atoms with E-state index in [1.807, 2.05) is 36.4 Å². The summed E-state index contributed by atoms with van der Waals surface area (Å²) in [5.41, 5.74) is 9.11. The molecule has 3 aromatic carbocycles. The fraction of sp³-hybridized carbons (Fsp3) is 0.115. The van der Waals surface area contributed by atoms with Gasteiger partial charge in [0.05, 0.1) is 31.7 Å². The Kier molecular flexibility index (Phi) is 4.59. The molecule has 0 atom stereocenters. The summed E-state index contributed by atoms with van der Waals surface area (Å²) in [5, 5.41) is 0. The van der Waals surface area contributed by atoms with Gasteiger partial charge in [-0.1, -0.05) is 60.7 Å². The molecule has 0 spiro atoms. The van der Waals surface area contributed by atoms with Crippen LogP contribution in [0.2, 0.25) is 0 Å². The van der Waals surface area contributed by atoms with Crippen LogP contribution in [0.3, 0.4) is 0 Å². The fourth-order valence-corrected chi connectivity index (χ4v) is 4.02. The van der Waals surface area contributed by atoms with Crippen LogP contribution in [0.1, 0.15) is 11.1 Å². The highest BCUT2D eigenvalue weighted by atomic mass is 16.5. The third-order valence-corrected chi connectivity index (χ3v) is 5.37.